The molecule has 2 nitrogen and oxygen atoms in total. The standard InChI is InChI=1S/C16H26N2/c1-18(12-11-14-7-3-2-4-8-14)13-16(17)15-9-5-6-10-15/h2-4,7-8,15-16H,5-6,9-13,17H2,1H3. The van der Waals surface area contributed by atoms with Crippen molar-refractivity contribution in [2.75, 3.05) is 20.1 Å². The molecule has 0 aromatic heterocycles. The summed E-state index contributed by atoms with van der Waals surface area (Å²) in [7, 11) is 2.19. The predicted molar refractivity (Wildman–Crippen MR) is 77.6 cm³/mol. The second-order valence-electron chi connectivity index (χ2n) is 5.71. The van der Waals surface area contributed by atoms with E-state index < -0.39 is 0 Å². The molecule has 1 aliphatic carbocycles. The summed E-state index contributed by atoms with van der Waals surface area (Å²) in [5, 5.41) is 0. The van der Waals surface area contributed by atoms with Crippen molar-refractivity contribution >= 4 is 0 Å². The molecule has 2 N–H and O–H groups in total. The minimum atomic E-state index is 0.369. The van der Waals surface area contributed by atoms with Crippen molar-refractivity contribution in [1.82, 2.24) is 4.90 Å². The van der Waals surface area contributed by atoms with Crippen LogP contribution in [0.25, 0.3) is 0 Å². The third kappa shape index (κ3) is 4.11. The van der Waals surface area contributed by atoms with E-state index in [-0.39, 0.29) is 0 Å². The number of likely N-dealkylation sites (N-methyl/N-ethyl adjacent to an activating group) is 1. The summed E-state index contributed by atoms with van der Waals surface area (Å²) in [5.74, 6) is 0.768. The summed E-state index contributed by atoms with van der Waals surface area (Å²) in [4.78, 5) is 2.38. The van der Waals surface area contributed by atoms with E-state index in [0.717, 1.165) is 25.4 Å². The molecular weight excluding hydrogens is 220 g/mol. The number of nitrogens with zero attached hydrogens (tertiary/aromatic N) is 1. The summed E-state index contributed by atoms with van der Waals surface area (Å²) in [6.07, 6.45) is 6.56. The molecule has 0 aliphatic heterocycles. The van der Waals surface area contributed by atoms with Gasteiger partial charge in [-0.15, -0.1) is 0 Å². The largest absolute Gasteiger partial charge is 0.326 e. The first kappa shape index (κ1) is 13.6. The van der Waals surface area contributed by atoms with Gasteiger partial charge in [-0.2, -0.15) is 0 Å². The van der Waals surface area contributed by atoms with Gasteiger partial charge in [0.1, 0.15) is 0 Å². The van der Waals surface area contributed by atoms with Crippen molar-refractivity contribution in [1.29, 1.82) is 0 Å². The first-order valence-electron chi connectivity index (χ1n) is 7.24. The highest BCUT2D eigenvalue weighted by Gasteiger charge is 2.22. The van der Waals surface area contributed by atoms with Crippen LogP contribution in [0.5, 0.6) is 0 Å². The fourth-order valence-electron chi connectivity index (χ4n) is 2.95. The summed E-state index contributed by atoms with van der Waals surface area (Å²) in [5.41, 5.74) is 7.72. The van der Waals surface area contributed by atoms with Gasteiger partial charge < -0.3 is 10.6 Å². The number of hydrogen-bond donors (Lipinski definition) is 1. The van der Waals surface area contributed by atoms with Crippen LogP contribution in [0.4, 0.5) is 0 Å². The van der Waals surface area contributed by atoms with Crippen molar-refractivity contribution < 1.29 is 0 Å². The van der Waals surface area contributed by atoms with Crippen molar-refractivity contribution in [3.63, 3.8) is 0 Å². The maximum atomic E-state index is 6.31. The zero-order valence-corrected chi connectivity index (χ0v) is 11.5. The Bertz CT molecular complexity index is 330. The van der Waals surface area contributed by atoms with Gasteiger partial charge in [0, 0.05) is 19.1 Å². The van der Waals surface area contributed by atoms with Crippen molar-refractivity contribution in [3.8, 4) is 0 Å². The lowest BCUT2D eigenvalue weighted by Crippen LogP contribution is -2.40. The van der Waals surface area contributed by atoms with E-state index in [0.29, 0.717) is 6.04 Å². The summed E-state index contributed by atoms with van der Waals surface area (Å²) in [6, 6.07) is 11.1. The molecule has 18 heavy (non-hydrogen) atoms. The van der Waals surface area contributed by atoms with E-state index in [2.05, 4.69) is 42.3 Å². The molecule has 0 radical (unpaired) electrons. The van der Waals surface area contributed by atoms with Crippen LogP contribution in [0, 0.1) is 5.92 Å². The van der Waals surface area contributed by atoms with E-state index in [9.17, 15) is 0 Å². The van der Waals surface area contributed by atoms with Gasteiger partial charge >= 0.3 is 0 Å². The lowest BCUT2D eigenvalue weighted by Gasteiger charge is -2.25. The molecule has 1 unspecified atom stereocenters. The molecule has 0 heterocycles. The molecular formula is C16H26N2. The Balaban J connectivity index is 1.70. The van der Waals surface area contributed by atoms with Gasteiger partial charge in [-0.3, -0.25) is 0 Å². The van der Waals surface area contributed by atoms with E-state index in [4.69, 9.17) is 5.73 Å². The Kier molecular flexibility index (Phi) is 5.21. The van der Waals surface area contributed by atoms with E-state index >= 15 is 0 Å². The highest BCUT2D eigenvalue weighted by Crippen LogP contribution is 2.26. The van der Waals surface area contributed by atoms with Gasteiger partial charge in [0.15, 0.2) is 0 Å². The van der Waals surface area contributed by atoms with E-state index in [1.54, 1.807) is 0 Å². The Hall–Kier alpha value is -0.860. The smallest absolute Gasteiger partial charge is 0.0196 e. The van der Waals surface area contributed by atoms with Crippen LogP contribution in [0.1, 0.15) is 31.2 Å². The molecule has 2 heteroatoms. The van der Waals surface area contributed by atoms with Gasteiger partial charge in [-0.05, 0) is 37.8 Å². The molecule has 1 aliphatic rings. The van der Waals surface area contributed by atoms with Gasteiger partial charge in [0.2, 0.25) is 0 Å². The molecule has 0 spiro atoms. The van der Waals surface area contributed by atoms with E-state index in [1.807, 2.05) is 0 Å². The average molecular weight is 246 g/mol. The Morgan fingerprint density at radius 3 is 2.56 bits per heavy atom. The maximum absolute atomic E-state index is 6.31. The SMILES string of the molecule is CN(CCc1ccccc1)CC(N)C1CCCC1. The minimum absolute atomic E-state index is 0.369. The molecule has 1 saturated carbocycles. The quantitative estimate of drug-likeness (QED) is 0.836. The predicted octanol–water partition coefficient (Wildman–Crippen LogP) is 2.68. The normalized spacial score (nSPS) is 18.4. The number of hydrogen-bond acceptors (Lipinski definition) is 2. The molecule has 1 atom stereocenters. The maximum Gasteiger partial charge on any atom is 0.0196 e. The number of rotatable bonds is 6. The zero-order valence-electron chi connectivity index (χ0n) is 11.5. The molecule has 1 fully saturated rings. The fourth-order valence-corrected chi connectivity index (χ4v) is 2.95. The topological polar surface area (TPSA) is 29.3 Å². The molecule has 2 rings (SSSR count). The van der Waals surface area contributed by atoms with E-state index in [1.165, 1.54) is 31.2 Å². The lowest BCUT2D eigenvalue weighted by atomic mass is 9.98. The van der Waals surface area contributed by atoms with Crippen molar-refractivity contribution in [2.45, 2.75) is 38.1 Å². The highest BCUT2D eigenvalue weighted by atomic mass is 15.1. The first-order chi connectivity index (χ1) is 8.75. The summed E-state index contributed by atoms with van der Waals surface area (Å²) in [6.45, 7) is 2.14. The number of nitrogens with two attached hydrogens (primary N) is 1. The third-order valence-corrected chi connectivity index (χ3v) is 4.15. The monoisotopic (exact) mass is 246 g/mol. The molecule has 0 bridgehead atoms. The van der Waals surface area contributed by atoms with Crippen molar-refractivity contribution in [3.05, 3.63) is 35.9 Å². The third-order valence-electron chi connectivity index (χ3n) is 4.15. The molecule has 1 aromatic rings. The second kappa shape index (κ2) is 6.91. The fraction of sp³-hybridized carbons (Fsp3) is 0.625. The van der Waals surface area contributed by atoms with Gasteiger partial charge in [0.25, 0.3) is 0 Å². The van der Waals surface area contributed by atoms with Crippen LogP contribution >= 0.6 is 0 Å². The van der Waals surface area contributed by atoms with Gasteiger partial charge in [-0.1, -0.05) is 43.2 Å². The molecule has 1 aromatic carbocycles. The molecule has 0 saturated heterocycles. The molecule has 0 amide bonds. The van der Waals surface area contributed by atoms with Crippen LogP contribution in [0.15, 0.2) is 30.3 Å². The Labute approximate surface area is 111 Å². The van der Waals surface area contributed by atoms with Gasteiger partial charge in [-0.25, -0.2) is 0 Å². The molecule has 100 valence electrons. The first-order valence-corrected chi connectivity index (χ1v) is 7.24. The van der Waals surface area contributed by atoms with Crippen LogP contribution in [0.3, 0.4) is 0 Å². The lowest BCUT2D eigenvalue weighted by molar-refractivity contribution is 0.273. The second-order valence-corrected chi connectivity index (χ2v) is 5.71. The number of benzene rings is 1. The van der Waals surface area contributed by atoms with Crippen LogP contribution in [-0.2, 0) is 6.42 Å². The Morgan fingerprint density at radius 1 is 1.22 bits per heavy atom. The summed E-state index contributed by atoms with van der Waals surface area (Å²) >= 11 is 0. The zero-order chi connectivity index (χ0) is 12.8. The van der Waals surface area contributed by atoms with Crippen LogP contribution < -0.4 is 5.73 Å². The summed E-state index contributed by atoms with van der Waals surface area (Å²) < 4.78 is 0. The average Bonchev–Trinajstić information content (AvgIpc) is 2.91. The van der Waals surface area contributed by atoms with Crippen LogP contribution in [0.2, 0.25) is 0 Å². The van der Waals surface area contributed by atoms with Crippen molar-refractivity contribution in [2.24, 2.45) is 11.7 Å². The minimum Gasteiger partial charge on any atom is -0.326 e. The Morgan fingerprint density at radius 2 is 1.89 bits per heavy atom. The van der Waals surface area contributed by atoms with Gasteiger partial charge in [0.05, 0.1) is 0 Å². The van der Waals surface area contributed by atoms with Crippen LogP contribution in [-0.4, -0.2) is 31.1 Å². The highest BCUT2D eigenvalue weighted by molar-refractivity contribution is 5.14.